The summed E-state index contributed by atoms with van der Waals surface area (Å²) in [6.45, 7) is 5.13. The molecule has 0 heterocycles. The first-order chi connectivity index (χ1) is 6.45. The maximum absolute atomic E-state index is 9.61. The number of aliphatic hydroxyl groups excluding tert-OH is 4. The van der Waals surface area contributed by atoms with Crippen LogP contribution >= 0.6 is 0 Å². The summed E-state index contributed by atoms with van der Waals surface area (Å²) in [7, 11) is 0. The molecule has 0 rings (SSSR count). The second kappa shape index (κ2) is 6.35. The van der Waals surface area contributed by atoms with Crippen molar-refractivity contribution in [1.29, 1.82) is 0 Å². The van der Waals surface area contributed by atoms with E-state index >= 15 is 0 Å². The van der Waals surface area contributed by atoms with Crippen LogP contribution < -0.4 is 0 Å². The van der Waals surface area contributed by atoms with Crippen LogP contribution in [0, 0.1) is 11.8 Å². The first-order valence-corrected chi connectivity index (χ1v) is 5.10. The first-order valence-electron chi connectivity index (χ1n) is 5.10. The van der Waals surface area contributed by atoms with Crippen LogP contribution in [-0.4, -0.2) is 45.3 Å². The van der Waals surface area contributed by atoms with Gasteiger partial charge in [0.15, 0.2) is 0 Å². The molecule has 86 valence electrons. The van der Waals surface area contributed by atoms with Crippen molar-refractivity contribution in [3.63, 3.8) is 0 Å². The van der Waals surface area contributed by atoms with Crippen molar-refractivity contribution in [2.24, 2.45) is 11.8 Å². The standard InChI is InChI=1S/C10H22O4/c1-4-6(2)8(12)10(14)9(13)7(3)5-11/h6-14H,4-5H2,1-3H3/t6-,7-,8-,9-,10-/m1/s1. The van der Waals surface area contributed by atoms with Gasteiger partial charge in [-0.05, 0) is 5.92 Å². The van der Waals surface area contributed by atoms with Crippen molar-refractivity contribution in [2.75, 3.05) is 6.61 Å². The Bertz CT molecular complexity index is 135. The van der Waals surface area contributed by atoms with E-state index in [9.17, 15) is 15.3 Å². The molecule has 0 aliphatic carbocycles. The molecule has 0 saturated carbocycles. The van der Waals surface area contributed by atoms with Crippen LogP contribution in [-0.2, 0) is 0 Å². The fourth-order valence-corrected chi connectivity index (χ4v) is 1.22. The van der Waals surface area contributed by atoms with Gasteiger partial charge in [-0.25, -0.2) is 0 Å². The average Bonchev–Trinajstić information content (AvgIpc) is 2.23. The Hall–Kier alpha value is -0.160. The van der Waals surface area contributed by atoms with Gasteiger partial charge >= 0.3 is 0 Å². The lowest BCUT2D eigenvalue weighted by atomic mass is 9.90. The largest absolute Gasteiger partial charge is 0.396 e. The van der Waals surface area contributed by atoms with Crippen molar-refractivity contribution in [3.8, 4) is 0 Å². The Morgan fingerprint density at radius 2 is 1.29 bits per heavy atom. The molecule has 0 aromatic heterocycles. The van der Waals surface area contributed by atoms with Gasteiger partial charge < -0.3 is 20.4 Å². The fraction of sp³-hybridized carbons (Fsp3) is 1.00. The quantitative estimate of drug-likeness (QED) is 0.483. The Balaban J connectivity index is 4.22. The SMILES string of the molecule is CC[C@@H](C)[C@@H](O)[C@@H](O)[C@H](O)[C@H](C)CO. The molecule has 0 saturated heterocycles. The summed E-state index contributed by atoms with van der Waals surface area (Å²) < 4.78 is 0. The summed E-state index contributed by atoms with van der Waals surface area (Å²) in [4.78, 5) is 0. The molecule has 0 radical (unpaired) electrons. The minimum Gasteiger partial charge on any atom is -0.396 e. The van der Waals surface area contributed by atoms with Gasteiger partial charge in [-0.3, -0.25) is 0 Å². The van der Waals surface area contributed by atoms with Crippen LogP contribution in [0.25, 0.3) is 0 Å². The van der Waals surface area contributed by atoms with E-state index in [1.807, 2.05) is 13.8 Å². The van der Waals surface area contributed by atoms with E-state index in [-0.39, 0.29) is 12.5 Å². The lowest BCUT2D eigenvalue weighted by Crippen LogP contribution is -2.44. The summed E-state index contributed by atoms with van der Waals surface area (Å²) in [6.07, 6.45) is -2.47. The Morgan fingerprint density at radius 1 is 0.857 bits per heavy atom. The maximum Gasteiger partial charge on any atom is 0.106 e. The van der Waals surface area contributed by atoms with Gasteiger partial charge in [0.2, 0.25) is 0 Å². The van der Waals surface area contributed by atoms with E-state index in [0.29, 0.717) is 0 Å². The predicted molar refractivity (Wildman–Crippen MR) is 53.7 cm³/mol. The molecule has 0 bridgehead atoms. The van der Waals surface area contributed by atoms with Gasteiger partial charge in [0.25, 0.3) is 0 Å². The zero-order chi connectivity index (χ0) is 11.3. The Morgan fingerprint density at radius 3 is 1.64 bits per heavy atom. The summed E-state index contributed by atoms with van der Waals surface area (Å²) in [5.41, 5.74) is 0. The highest BCUT2D eigenvalue weighted by Crippen LogP contribution is 2.17. The van der Waals surface area contributed by atoms with Crippen LogP contribution in [0.15, 0.2) is 0 Å². The predicted octanol–water partition coefficient (Wildman–Crippen LogP) is -0.256. The number of rotatable bonds is 6. The zero-order valence-electron chi connectivity index (χ0n) is 9.09. The molecule has 0 aliphatic rings. The summed E-state index contributed by atoms with van der Waals surface area (Å²) >= 11 is 0. The Kier molecular flexibility index (Phi) is 6.27. The molecule has 4 nitrogen and oxygen atoms in total. The van der Waals surface area contributed by atoms with Crippen LogP contribution in [0.2, 0.25) is 0 Å². The molecule has 4 N–H and O–H groups in total. The van der Waals surface area contributed by atoms with Gasteiger partial charge in [0.05, 0.1) is 12.2 Å². The minimum atomic E-state index is -1.19. The highest BCUT2D eigenvalue weighted by atomic mass is 16.4. The number of hydrogen-bond acceptors (Lipinski definition) is 4. The third-order valence-corrected chi connectivity index (χ3v) is 2.80. The normalized spacial score (nSPS) is 22.5. The van der Waals surface area contributed by atoms with E-state index < -0.39 is 24.2 Å². The van der Waals surface area contributed by atoms with Crippen LogP contribution in [0.5, 0.6) is 0 Å². The van der Waals surface area contributed by atoms with E-state index in [1.165, 1.54) is 0 Å². The van der Waals surface area contributed by atoms with E-state index in [2.05, 4.69) is 0 Å². The van der Waals surface area contributed by atoms with Crippen molar-refractivity contribution >= 4 is 0 Å². The molecule has 0 aliphatic heterocycles. The summed E-state index contributed by atoms with van der Waals surface area (Å²) in [5.74, 6) is -0.491. The van der Waals surface area contributed by atoms with Crippen molar-refractivity contribution < 1.29 is 20.4 Å². The molecule has 0 amide bonds. The van der Waals surface area contributed by atoms with Crippen LogP contribution in [0.3, 0.4) is 0 Å². The molecule has 5 atom stereocenters. The Labute approximate surface area is 85.2 Å². The van der Waals surface area contributed by atoms with Gasteiger partial charge in [-0.2, -0.15) is 0 Å². The molecular formula is C10H22O4. The van der Waals surface area contributed by atoms with Gasteiger partial charge in [-0.1, -0.05) is 27.2 Å². The second-order valence-corrected chi connectivity index (χ2v) is 4.02. The van der Waals surface area contributed by atoms with Gasteiger partial charge in [-0.15, -0.1) is 0 Å². The molecule has 0 fully saturated rings. The molecule has 0 unspecified atom stereocenters. The van der Waals surface area contributed by atoms with Gasteiger partial charge in [0, 0.05) is 12.5 Å². The van der Waals surface area contributed by atoms with E-state index in [1.54, 1.807) is 6.92 Å². The minimum absolute atomic E-state index is 0.0643. The average molecular weight is 206 g/mol. The van der Waals surface area contributed by atoms with Crippen molar-refractivity contribution in [2.45, 2.75) is 45.5 Å². The molecule has 0 spiro atoms. The lowest BCUT2D eigenvalue weighted by molar-refractivity contribution is -0.100. The number of aliphatic hydroxyl groups is 4. The van der Waals surface area contributed by atoms with Crippen LogP contribution in [0.4, 0.5) is 0 Å². The van der Waals surface area contributed by atoms with Crippen molar-refractivity contribution in [3.05, 3.63) is 0 Å². The van der Waals surface area contributed by atoms with Crippen LogP contribution in [0.1, 0.15) is 27.2 Å². The first kappa shape index (κ1) is 13.8. The van der Waals surface area contributed by atoms with E-state index in [0.717, 1.165) is 6.42 Å². The molecule has 4 heteroatoms. The third-order valence-electron chi connectivity index (χ3n) is 2.80. The third kappa shape index (κ3) is 3.53. The molecule has 14 heavy (non-hydrogen) atoms. The number of hydrogen-bond donors (Lipinski definition) is 4. The monoisotopic (exact) mass is 206 g/mol. The highest BCUT2D eigenvalue weighted by Gasteiger charge is 2.30. The fourth-order valence-electron chi connectivity index (χ4n) is 1.22. The smallest absolute Gasteiger partial charge is 0.106 e. The molecular weight excluding hydrogens is 184 g/mol. The van der Waals surface area contributed by atoms with E-state index in [4.69, 9.17) is 5.11 Å². The topological polar surface area (TPSA) is 80.9 Å². The summed E-state index contributed by atoms with van der Waals surface area (Å²) in [5, 5.41) is 37.5. The molecule has 0 aromatic carbocycles. The second-order valence-electron chi connectivity index (χ2n) is 4.02. The lowest BCUT2D eigenvalue weighted by Gasteiger charge is -2.29. The van der Waals surface area contributed by atoms with Crippen molar-refractivity contribution in [1.82, 2.24) is 0 Å². The zero-order valence-corrected chi connectivity index (χ0v) is 9.09. The maximum atomic E-state index is 9.61. The summed E-state index contributed by atoms with van der Waals surface area (Å²) in [6, 6.07) is 0. The van der Waals surface area contributed by atoms with Gasteiger partial charge in [0.1, 0.15) is 6.10 Å². The molecule has 0 aromatic rings. The highest BCUT2D eigenvalue weighted by molar-refractivity contribution is 4.81.